The van der Waals surface area contributed by atoms with Gasteiger partial charge in [-0.3, -0.25) is 9.79 Å². The van der Waals surface area contributed by atoms with Crippen LogP contribution < -0.4 is 14.8 Å². The number of benzene rings is 1. The highest BCUT2D eigenvalue weighted by Gasteiger charge is 2.31. The number of nitrogens with zero attached hydrogens (tertiary/aromatic N) is 3. The zero-order valence-electron chi connectivity index (χ0n) is 17.0. The molecule has 1 aromatic carbocycles. The third-order valence-electron chi connectivity index (χ3n) is 4.78. The van der Waals surface area contributed by atoms with Gasteiger partial charge in [0.2, 0.25) is 5.91 Å². The number of rotatable bonds is 6. The zero-order valence-corrected chi connectivity index (χ0v) is 17.0. The number of halogens is 3. The van der Waals surface area contributed by atoms with Gasteiger partial charge in [-0.15, -0.1) is 0 Å². The molecule has 1 unspecified atom stereocenters. The number of hydrogen-bond donors (Lipinski definition) is 1. The Balaban J connectivity index is 1.96. The summed E-state index contributed by atoms with van der Waals surface area (Å²) >= 11 is 0. The van der Waals surface area contributed by atoms with Gasteiger partial charge in [-0.25, -0.2) is 0 Å². The highest BCUT2D eigenvalue weighted by molar-refractivity contribution is 5.86. The number of nitrogens with one attached hydrogen (secondary N) is 1. The van der Waals surface area contributed by atoms with Crippen molar-refractivity contribution in [3.05, 3.63) is 23.8 Å². The first kappa shape index (κ1) is 22.6. The number of carbonyl (C=O) groups is 1. The summed E-state index contributed by atoms with van der Waals surface area (Å²) in [6.07, 6.45) is -3.56. The number of alkyl halides is 3. The molecular formula is C19H27F3N4O3. The highest BCUT2D eigenvalue weighted by Crippen LogP contribution is 2.32. The van der Waals surface area contributed by atoms with Crippen molar-refractivity contribution < 1.29 is 27.4 Å². The van der Waals surface area contributed by atoms with Crippen LogP contribution in [0.2, 0.25) is 0 Å². The molecule has 1 aromatic rings. The van der Waals surface area contributed by atoms with E-state index in [4.69, 9.17) is 9.47 Å². The summed E-state index contributed by atoms with van der Waals surface area (Å²) < 4.78 is 47.9. The van der Waals surface area contributed by atoms with Crippen molar-refractivity contribution >= 4 is 11.9 Å². The minimum Gasteiger partial charge on any atom is -0.497 e. The highest BCUT2D eigenvalue weighted by atomic mass is 19.4. The zero-order chi connectivity index (χ0) is 21.6. The molecule has 0 bridgehead atoms. The van der Waals surface area contributed by atoms with Gasteiger partial charge in [0, 0.05) is 39.2 Å². The molecule has 2 rings (SSSR count). The monoisotopic (exact) mass is 416 g/mol. The lowest BCUT2D eigenvalue weighted by Crippen LogP contribution is -2.46. The van der Waals surface area contributed by atoms with E-state index in [2.05, 4.69) is 10.3 Å². The van der Waals surface area contributed by atoms with E-state index in [-0.39, 0.29) is 12.5 Å². The van der Waals surface area contributed by atoms with Gasteiger partial charge in [-0.1, -0.05) is 0 Å². The molecule has 1 N–H and O–H groups in total. The van der Waals surface area contributed by atoms with Crippen LogP contribution in [0.5, 0.6) is 11.5 Å². The molecule has 1 saturated heterocycles. The van der Waals surface area contributed by atoms with E-state index in [1.54, 1.807) is 27.3 Å². The maximum Gasteiger partial charge on any atom is 0.406 e. The minimum absolute atomic E-state index is 0.209. The first-order valence-corrected chi connectivity index (χ1v) is 9.16. The van der Waals surface area contributed by atoms with E-state index in [9.17, 15) is 18.0 Å². The molecule has 1 amide bonds. The second-order valence-corrected chi connectivity index (χ2v) is 6.84. The molecule has 1 atom stereocenters. The number of amides is 1. The van der Waals surface area contributed by atoms with E-state index in [1.807, 2.05) is 17.0 Å². The van der Waals surface area contributed by atoms with Crippen molar-refractivity contribution in [2.45, 2.75) is 18.5 Å². The predicted octanol–water partition coefficient (Wildman–Crippen LogP) is 2.09. The molecular weight excluding hydrogens is 389 g/mol. The molecule has 29 heavy (non-hydrogen) atoms. The molecule has 1 aliphatic rings. The molecule has 0 aromatic heterocycles. The van der Waals surface area contributed by atoms with Crippen molar-refractivity contribution in [1.82, 2.24) is 15.1 Å². The number of carbonyl (C=O) groups excluding carboxylic acids is 1. The van der Waals surface area contributed by atoms with Crippen LogP contribution in [0.1, 0.15) is 17.9 Å². The van der Waals surface area contributed by atoms with Crippen molar-refractivity contribution in [3.8, 4) is 11.5 Å². The van der Waals surface area contributed by atoms with E-state index >= 15 is 0 Å². The summed E-state index contributed by atoms with van der Waals surface area (Å²) in [5, 5.41) is 2.86. The van der Waals surface area contributed by atoms with Gasteiger partial charge in [-0.05, 0) is 24.1 Å². The Kier molecular flexibility index (Phi) is 7.58. The van der Waals surface area contributed by atoms with Gasteiger partial charge in [0.15, 0.2) is 5.96 Å². The molecule has 1 aliphatic heterocycles. The predicted molar refractivity (Wildman–Crippen MR) is 104 cm³/mol. The molecule has 162 valence electrons. The number of aliphatic imine (C=N–C) groups is 1. The molecule has 7 nitrogen and oxygen atoms in total. The number of hydrogen-bond acceptors (Lipinski definition) is 4. The molecule has 0 aliphatic carbocycles. The third-order valence-corrected chi connectivity index (χ3v) is 4.78. The summed E-state index contributed by atoms with van der Waals surface area (Å²) in [7, 11) is 5.90. The van der Waals surface area contributed by atoms with Crippen molar-refractivity contribution in [2.24, 2.45) is 4.99 Å². The van der Waals surface area contributed by atoms with Crippen LogP contribution in [0, 0.1) is 0 Å². The number of likely N-dealkylation sites (N-methyl/N-ethyl adjacent to an activating group) is 1. The summed E-state index contributed by atoms with van der Waals surface area (Å²) in [6, 6.07) is 5.73. The molecule has 0 spiro atoms. The lowest BCUT2D eigenvalue weighted by Gasteiger charge is -2.24. The fourth-order valence-corrected chi connectivity index (χ4v) is 3.27. The summed E-state index contributed by atoms with van der Waals surface area (Å²) in [6.45, 7) is -0.179. The molecule has 0 saturated carbocycles. The average Bonchev–Trinajstić information content (AvgIpc) is 3.16. The molecule has 1 heterocycles. The van der Waals surface area contributed by atoms with Crippen molar-refractivity contribution in [3.63, 3.8) is 0 Å². The van der Waals surface area contributed by atoms with E-state index in [0.717, 1.165) is 19.0 Å². The van der Waals surface area contributed by atoms with Gasteiger partial charge in [0.1, 0.15) is 18.0 Å². The second kappa shape index (κ2) is 9.71. The fraction of sp³-hybridized carbons (Fsp3) is 0.579. The van der Waals surface area contributed by atoms with Crippen LogP contribution in [0.15, 0.2) is 23.2 Å². The normalized spacial score (nSPS) is 17.3. The maximum atomic E-state index is 12.4. The Labute approximate surface area is 168 Å². The SMILES string of the molecule is CN=C(NCC(=O)N(C)CC(F)(F)F)N1CCC(c2cc(OC)cc(OC)c2)C1. The molecule has 1 fully saturated rings. The third kappa shape index (κ3) is 6.43. The summed E-state index contributed by atoms with van der Waals surface area (Å²) in [4.78, 5) is 18.7. The number of likely N-dealkylation sites (tertiary alicyclic amines) is 1. The van der Waals surface area contributed by atoms with Crippen LogP contribution >= 0.6 is 0 Å². The van der Waals surface area contributed by atoms with Crippen molar-refractivity contribution in [1.29, 1.82) is 0 Å². The van der Waals surface area contributed by atoms with Gasteiger partial charge in [0.05, 0.1) is 20.8 Å². The Hall–Kier alpha value is -2.65. The number of methoxy groups -OCH3 is 2. The summed E-state index contributed by atoms with van der Waals surface area (Å²) in [5.41, 5.74) is 1.07. The van der Waals surface area contributed by atoms with Crippen LogP contribution in [-0.4, -0.2) is 82.3 Å². The molecule has 10 heteroatoms. The van der Waals surface area contributed by atoms with E-state index in [0.29, 0.717) is 35.4 Å². The van der Waals surface area contributed by atoms with Crippen molar-refractivity contribution in [2.75, 3.05) is 54.5 Å². The Morgan fingerprint density at radius 3 is 2.41 bits per heavy atom. The maximum absolute atomic E-state index is 12.4. The largest absolute Gasteiger partial charge is 0.497 e. The Morgan fingerprint density at radius 1 is 1.28 bits per heavy atom. The first-order chi connectivity index (χ1) is 13.7. The topological polar surface area (TPSA) is 66.4 Å². The lowest BCUT2D eigenvalue weighted by molar-refractivity contribution is -0.157. The number of ether oxygens (including phenoxy) is 2. The van der Waals surface area contributed by atoms with Crippen LogP contribution in [0.4, 0.5) is 13.2 Å². The Morgan fingerprint density at radius 2 is 1.90 bits per heavy atom. The van der Waals surface area contributed by atoms with Gasteiger partial charge in [0.25, 0.3) is 0 Å². The number of guanidine groups is 1. The van der Waals surface area contributed by atoms with Gasteiger partial charge in [-0.2, -0.15) is 13.2 Å². The minimum atomic E-state index is -4.42. The van der Waals surface area contributed by atoms with Crippen LogP contribution in [0.25, 0.3) is 0 Å². The van der Waals surface area contributed by atoms with Crippen LogP contribution in [-0.2, 0) is 4.79 Å². The average molecular weight is 416 g/mol. The van der Waals surface area contributed by atoms with Gasteiger partial charge >= 0.3 is 6.18 Å². The quantitative estimate of drug-likeness (QED) is 0.568. The van der Waals surface area contributed by atoms with Gasteiger partial charge < -0.3 is 24.6 Å². The smallest absolute Gasteiger partial charge is 0.406 e. The standard InChI is InChI=1S/C19H27F3N4O3/c1-23-18(24-10-17(27)25(2)12-19(20,21)22)26-6-5-13(11-26)14-7-15(28-3)9-16(8-14)29-4/h7-9,13H,5-6,10-12H2,1-4H3,(H,23,24). The van der Waals surface area contributed by atoms with E-state index < -0.39 is 18.6 Å². The molecule has 0 radical (unpaired) electrons. The van der Waals surface area contributed by atoms with Crippen LogP contribution in [0.3, 0.4) is 0 Å². The van der Waals surface area contributed by atoms with E-state index in [1.165, 1.54) is 0 Å². The first-order valence-electron chi connectivity index (χ1n) is 9.16. The lowest BCUT2D eigenvalue weighted by atomic mass is 9.98. The Bertz CT molecular complexity index is 718. The summed E-state index contributed by atoms with van der Waals surface area (Å²) in [5.74, 6) is 1.45. The second-order valence-electron chi connectivity index (χ2n) is 6.84. The fourth-order valence-electron chi connectivity index (χ4n) is 3.27.